The van der Waals surface area contributed by atoms with Gasteiger partial charge < -0.3 is 9.84 Å². The molecule has 0 atom stereocenters. The number of rotatable bonds is 11. The second kappa shape index (κ2) is 11.2. The second-order valence-electron chi connectivity index (χ2n) is 7.76. The highest BCUT2D eigenvalue weighted by Crippen LogP contribution is 2.23. The van der Waals surface area contributed by atoms with Gasteiger partial charge in [0.25, 0.3) is 0 Å². The van der Waals surface area contributed by atoms with Crippen LogP contribution in [0.4, 0.5) is 0 Å². The SMILES string of the molecule is CCCCCCCCCC(=O)c1ccc(O)c(C(=O)O[N+]2(C)CCOCC2)c1. The summed E-state index contributed by atoms with van der Waals surface area (Å²) in [7, 11) is 1.81. The van der Waals surface area contributed by atoms with Crippen LogP contribution in [0.25, 0.3) is 0 Å². The number of hydrogen-bond acceptors (Lipinski definition) is 5. The van der Waals surface area contributed by atoms with E-state index < -0.39 is 5.97 Å². The maximum Gasteiger partial charge on any atom is 0.401 e. The summed E-state index contributed by atoms with van der Waals surface area (Å²) in [5.41, 5.74) is 0.483. The lowest BCUT2D eigenvalue weighted by Gasteiger charge is -2.33. The van der Waals surface area contributed by atoms with Gasteiger partial charge in [0.1, 0.15) is 31.5 Å². The van der Waals surface area contributed by atoms with Gasteiger partial charge in [0.2, 0.25) is 0 Å². The number of ketones is 1. The Balaban J connectivity index is 1.89. The van der Waals surface area contributed by atoms with Crippen molar-refractivity contribution >= 4 is 11.8 Å². The number of Topliss-reactive ketones (excluding diaryl/α,β-unsaturated/α-hetero) is 1. The van der Waals surface area contributed by atoms with E-state index in [4.69, 9.17) is 9.57 Å². The lowest BCUT2D eigenvalue weighted by atomic mass is 10.0. The van der Waals surface area contributed by atoms with Gasteiger partial charge in [0.05, 0.1) is 13.2 Å². The van der Waals surface area contributed by atoms with E-state index in [-0.39, 0.29) is 21.7 Å². The minimum Gasteiger partial charge on any atom is -0.507 e. The van der Waals surface area contributed by atoms with Crippen LogP contribution in [0.2, 0.25) is 0 Å². The molecule has 2 rings (SSSR count). The predicted molar refractivity (Wildman–Crippen MR) is 107 cm³/mol. The Morgan fingerprint density at radius 2 is 1.71 bits per heavy atom. The van der Waals surface area contributed by atoms with Gasteiger partial charge in [0, 0.05) is 12.0 Å². The molecule has 1 fully saturated rings. The normalized spacial score (nSPS) is 15.9. The molecule has 0 bridgehead atoms. The summed E-state index contributed by atoms with van der Waals surface area (Å²) in [4.78, 5) is 30.6. The molecule has 0 unspecified atom stereocenters. The number of phenols is 1. The van der Waals surface area contributed by atoms with Crippen LogP contribution in [0.3, 0.4) is 0 Å². The van der Waals surface area contributed by atoms with Gasteiger partial charge >= 0.3 is 5.97 Å². The summed E-state index contributed by atoms with van der Waals surface area (Å²) >= 11 is 0. The number of quaternary nitrogens is 1. The predicted octanol–water partition coefficient (Wildman–Crippen LogP) is 4.26. The van der Waals surface area contributed by atoms with E-state index in [0.29, 0.717) is 38.3 Å². The van der Waals surface area contributed by atoms with Crippen molar-refractivity contribution in [3.8, 4) is 5.75 Å². The third kappa shape index (κ3) is 6.91. The molecule has 6 heteroatoms. The van der Waals surface area contributed by atoms with Crippen molar-refractivity contribution in [3.63, 3.8) is 0 Å². The Morgan fingerprint density at radius 1 is 1.07 bits per heavy atom. The number of hydrogen-bond donors (Lipinski definition) is 1. The highest BCUT2D eigenvalue weighted by atomic mass is 16.7. The number of hydroxylamine groups is 3. The van der Waals surface area contributed by atoms with E-state index >= 15 is 0 Å². The monoisotopic (exact) mass is 392 g/mol. The molecule has 1 aromatic rings. The molecule has 1 heterocycles. The van der Waals surface area contributed by atoms with Crippen LogP contribution in [-0.4, -0.2) is 54.9 Å². The molecule has 0 amide bonds. The largest absolute Gasteiger partial charge is 0.507 e. The molecule has 28 heavy (non-hydrogen) atoms. The molecule has 1 aliphatic heterocycles. The van der Waals surface area contributed by atoms with E-state index in [1.54, 1.807) is 6.07 Å². The first kappa shape index (κ1) is 22.4. The van der Waals surface area contributed by atoms with Crippen molar-refractivity contribution in [3.05, 3.63) is 29.3 Å². The number of ether oxygens (including phenoxy) is 1. The number of aromatic hydroxyl groups is 1. The molecule has 0 aliphatic carbocycles. The van der Waals surface area contributed by atoms with E-state index in [1.807, 2.05) is 7.05 Å². The fourth-order valence-corrected chi connectivity index (χ4v) is 3.33. The van der Waals surface area contributed by atoms with Gasteiger partial charge in [-0.1, -0.05) is 45.4 Å². The molecule has 0 radical (unpaired) electrons. The van der Waals surface area contributed by atoms with Crippen LogP contribution in [0.15, 0.2) is 18.2 Å². The molecule has 1 N–H and O–H groups in total. The minimum atomic E-state index is -0.618. The smallest absolute Gasteiger partial charge is 0.401 e. The molecule has 156 valence electrons. The summed E-state index contributed by atoms with van der Waals surface area (Å²) in [6.07, 6.45) is 8.49. The zero-order chi connectivity index (χ0) is 20.4. The summed E-state index contributed by atoms with van der Waals surface area (Å²) in [6, 6.07) is 4.42. The summed E-state index contributed by atoms with van der Waals surface area (Å²) in [5, 5.41) is 10.1. The topological polar surface area (TPSA) is 72.8 Å². The van der Waals surface area contributed by atoms with Crippen LogP contribution in [-0.2, 0) is 9.57 Å². The van der Waals surface area contributed by atoms with Crippen LogP contribution in [0, 0.1) is 0 Å². The maximum absolute atomic E-state index is 12.5. The van der Waals surface area contributed by atoms with E-state index in [0.717, 1.165) is 19.3 Å². The Labute approximate surface area is 168 Å². The second-order valence-corrected chi connectivity index (χ2v) is 7.76. The summed E-state index contributed by atoms with van der Waals surface area (Å²) in [6.45, 7) is 4.36. The molecule has 6 nitrogen and oxygen atoms in total. The highest BCUT2D eigenvalue weighted by Gasteiger charge is 2.32. The van der Waals surface area contributed by atoms with Gasteiger partial charge in [-0.15, -0.1) is 4.65 Å². The number of benzene rings is 1. The minimum absolute atomic E-state index is 0.00521. The third-order valence-electron chi connectivity index (χ3n) is 5.27. The van der Waals surface area contributed by atoms with Crippen molar-refractivity contribution in [1.82, 2.24) is 0 Å². The van der Waals surface area contributed by atoms with Crippen LogP contribution in [0.1, 0.15) is 79.0 Å². The van der Waals surface area contributed by atoms with Crippen molar-refractivity contribution in [2.75, 3.05) is 33.4 Å². The number of carbonyl (C=O) groups is 2. The van der Waals surface area contributed by atoms with Crippen molar-refractivity contribution in [1.29, 1.82) is 0 Å². The zero-order valence-electron chi connectivity index (χ0n) is 17.2. The standard InChI is InChI=1S/C22H33NO5/c1-3-4-5-6-7-8-9-10-20(24)18-11-12-21(25)19(17-18)22(26)28-23(2)13-15-27-16-14-23/h11-12,17H,3-10,13-16H2,1-2H3/p+1. The van der Waals surface area contributed by atoms with Gasteiger partial charge in [-0.25, -0.2) is 4.79 Å². The Hall–Kier alpha value is -1.92. The fourth-order valence-electron chi connectivity index (χ4n) is 3.33. The van der Waals surface area contributed by atoms with E-state index in [1.165, 1.54) is 37.8 Å². The fraction of sp³-hybridized carbons (Fsp3) is 0.636. The van der Waals surface area contributed by atoms with Gasteiger partial charge in [-0.2, -0.15) is 0 Å². The number of morpholine rings is 1. The quantitative estimate of drug-likeness (QED) is 0.346. The number of carbonyl (C=O) groups excluding carboxylic acids is 2. The van der Waals surface area contributed by atoms with Crippen LogP contribution < -0.4 is 0 Å². The first-order valence-electron chi connectivity index (χ1n) is 10.5. The summed E-state index contributed by atoms with van der Waals surface area (Å²) in [5.74, 6) is -0.792. The average Bonchev–Trinajstić information content (AvgIpc) is 2.67. The molecule has 0 aromatic heterocycles. The van der Waals surface area contributed by atoms with Gasteiger partial charge in [0.15, 0.2) is 5.78 Å². The Morgan fingerprint density at radius 3 is 2.39 bits per heavy atom. The van der Waals surface area contributed by atoms with Crippen LogP contribution in [0.5, 0.6) is 5.75 Å². The average molecular weight is 393 g/mol. The maximum atomic E-state index is 12.5. The molecule has 1 aliphatic rings. The van der Waals surface area contributed by atoms with E-state index in [9.17, 15) is 14.7 Å². The lowest BCUT2D eigenvalue weighted by Crippen LogP contribution is -2.52. The molecule has 0 saturated carbocycles. The molecule has 0 spiro atoms. The Bertz CT molecular complexity index is 652. The van der Waals surface area contributed by atoms with Crippen molar-refractivity contribution in [2.45, 2.75) is 58.3 Å². The molecular weight excluding hydrogens is 358 g/mol. The molecule has 1 aromatic carbocycles. The Kier molecular flexibility index (Phi) is 8.93. The number of likely N-dealkylation sites (N-methyl/N-ethyl adjacent to an activating group) is 1. The summed E-state index contributed by atoms with van der Waals surface area (Å²) < 4.78 is 5.41. The van der Waals surface area contributed by atoms with E-state index in [2.05, 4.69) is 6.92 Å². The van der Waals surface area contributed by atoms with Gasteiger partial charge in [-0.05, 0) is 24.6 Å². The van der Waals surface area contributed by atoms with Crippen molar-refractivity contribution < 1.29 is 28.9 Å². The molecule has 1 saturated heterocycles. The first-order valence-corrected chi connectivity index (χ1v) is 10.5. The number of nitrogens with zero attached hydrogens (tertiary/aromatic N) is 1. The van der Waals surface area contributed by atoms with Crippen LogP contribution >= 0.6 is 0 Å². The van der Waals surface area contributed by atoms with Gasteiger partial charge in [-0.3, -0.25) is 9.63 Å². The molecular formula is C22H34NO5+. The number of phenolic OH excluding ortho intramolecular Hbond substituents is 1. The lowest BCUT2D eigenvalue weighted by molar-refractivity contribution is -1.08. The first-order chi connectivity index (χ1) is 13.4. The highest BCUT2D eigenvalue weighted by molar-refractivity contribution is 6.00. The third-order valence-corrected chi connectivity index (χ3v) is 5.27. The number of unbranched alkanes of at least 4 members (excludes halogenated alkanes) is 6. The zero-order valence-corrected chi connectivity index (χ0v) is 17.2. The van der Waals surface area contributed by atoms with Crippen molar-refractivity contribution in [2.24, 2.45) is 0 Å².